The Kier molecular flexibility index (Phi) is 3.11. The van der Waals surface area contributed by atoms with Crippen molar-refractivity contribution in [2.75, 3.05) is 0 Å². The summed E-state index contributed by atoms with van der Waals surface area (Å²) in [6, 6.07) is 5.73. The average molecular weight is 344 g/mol. The molecule has 1 aromatic carbocycles. The highest BCUT2D eigenvalue weighted by Crippen LogP contribution is 2.21. The Labute approximate surface area is 113 Å². The normalized spacial score (nSPS) is 11.8. The predicted molar refractivity (Wildman–Crippen MR) is 74.1 cm³/mol. The summed E-state index contributed by atoms with van der Waals surface area (Å²) in [5, 5.41) is 5.03. The molecule has 0 aliphatic rings. The van der Waals surface area contributed by atoms with Gasteiger partial charge in [0, 0.05) is 8.96 Å². The molecule has 0 aliphatic heterocycles. The molecule has 0 unspecified atom stereocenters. The summed E-state index contributed by atoms with van der Waals surface area (Å²) < 4.78 is 7.65. The molecule has 5 heteroatoms. The molecule has 0 saturated heterocycles. The van der Waals surface area contributed by atoms with E-state index in [4.69, 9.17) is 4.74 Å². The van der Waals surface area contributed by atoms with E-state index in [2.05, 4.69) is 27.7 Å². The van der Waals surface area contributed by atoms with Gasteiger partial charge in [0.2, 0.25) is 0 Å². The molecule has 0 bridgehead atoms. The van der Waals surface area contributed by atoms with Crippen LogP contribution in [0.25, 0.3) is 10.9 Å². The lowest BCUT2D eigenvalue weighted by atomic mass is 10.2. The van der Waals surface area contributed by atoms with E-state index in [1.54, 1.807) is 6.20 Å². The van der Waals surface area contributed by atoms with Crippen LogP contribution in [-0.2, 0) is 4.74 Å². The van der Waals surface area contributed by atoms with E-state index in [1.807, 2.05) is 39.0 Å². The van der Waals surface area contributed by atoms with Gasteiger partial charge in [-0.3, -0.25) is 0 Å². The monoisotopic (exact) mass is 344 g/mol. The molecule has 4 nitrogen and oxygen atoms in total. The summed E-state index contributed by atoms with van der Waals surface area (Å²) >= 11 is 2.22. The Morgan fingerprint density at radius 3 is 2.76 bits per heavy atom. The van der Waals surface area contributed by atoms with Crippen molar-refractivity contribution < 1.29 is 9.53 Å². The third kappa shape index (κ3) is 2.59. The number of nitrogens with zero attached hydrogens (tertiary/aromatic N) is 2. The van der Waals surface area contributed by atoms with E-state index in [1.165, 1.54) is 4.68 Å². The van der Waals surface area contributed by atoms with Gasteiger partial charge < -0.3 is 4.74 Å². The zero-order chi connectivity index (χ0) is 12.6. The average Bonchev–Trinajstić information content (AvgIpc) is 2.60. The van der Waals surface area contributed by atoms with Crippen molar-refractivity contribution in [3.63, 3.8) is 0 Å². The number of carbonyl (C=O) groups is 1. The molecular formula is C12H13IN2O2. The minimum absolute atomic E-state index is 0.450. The molecule has 0 atom stereocenters. The summed E-state index contributed by atoms with van der Waals surface area (Å²) in [5.74, 6) is 0. The maximum Gasteiger partial charge on any atom is 0.435 e. The SMILES string of the molecule is CC(C)(C)OC(=O)n1ncc2c(I)cccc21. The highest BCUT2D eigenvalue weighted by molar-refractivity contribution is 14.1. The number of carbonyl (C=O) groups excluding carboxylic acids is 1. The first-order valence-electron chi connectivity index (χ1n) is 5.24. The van der Waals surface area contributed by atoms with Gasteiger partial charge in [0.25, 0.3) is 0 Å². The second-order valence-electron chi connectivity index (χ2n) is 4.71. The number of hydrogen-bond acceptors (Lipinski definition) is 3. The molecule has 0 amide bonds. The Bertz CT molecular complexity index is 569. The Balaban J connectivity index is 2.43. The fraction of sp³-hybridized carbons (Fsp3) is 0.333. The smallest absolute Gasteiger partial charge is 0.435 e. The maximum absolute atomic E-state index is 11.9. The third-order valence-corrected chi connectivity index (χ3v) is 3.07. The van der Waals surface area contributed by atoms with Gasteiger partial charge in [0.05, 0.1) is 11.7 Å². The summed E-state index contributed by atoms with van der Waals surface area (Å²) in [6.07, 6.45) is 1.23. The fourth-order valence-electron chi connectivity index (χ4n) is 1.47. The van der Waals surface area contributed by atoms with Crippen molar-refractivity contribution in [2.24, 2.45) is 0 Å². The van der Waals surface area contributed by atoms with E-state index < -0.39 is 11.7 Å². The van der Waals surface area contributed by atoms with Crippen LogP contribution in [0.15, 0.2) is 24.4 Å². The lowest BCUT2D eigenvalue weighted by molar-refractivity contribution is 0.0523. The van der Waals surface area contributed by atoms with Gasteiger partial charge in [0.15, 0.2) is 0 Å². The first-order valence-corrected chi connectivity index (χ1v) is 6.32. The first kappa shape index (κ1) is 12.3. The maximum atomic E-state index is 11.9. The molecule has 0 saturated carbocycles. The molecule has 0 aliphatic carbocycles. The standard InChI is InChI=1S/C12H13IN2O2/c1-12(2,3)17-11(16)15-10-6-4-5-9(13)8(10)7-14-15/h4-7H,1-3H3. The number of hydrogen-bond donors (Lipinski definition) is 0. The van der Waals surface area contributed by atoms with Crippen LogP contribution < -0.4 is 0 Å². The highest BCUT2D eigenvalue weighted by atomic mass is 127. The second-order valence-corrected chi connectivity index (χ2v) is 5.87. The van der Waals surface area contributed by atoms with E-state index in [0.29, 0.717) is 0 Å². The van der Waals surface area contributed by atoms with E-state index in [0.717, 1.165) is 14.5 Å². The number of rotatable bonds is 0. The molecule has 0 radical (unpaired) electrons. The number of ether oxygens (including phenoxy) is 1. The Morgan fingerprint density at radius 1 is 1.41 bits per heavy atom. The number of benzene rings is 1. The first-order chi connectivity index (χ1) is 7.88. The summed E-state index contributed by atoms with van der Waals surface area (Å²) in [5.41, 5.74) is 0.253. The van der Waals surface area contributed by atoms with Crippen LogP contribution in [0.2, 0.25) is 0 Å². The summed E-state index contributed by atoms with van der Waals surface area (Å²) in [4.78, 5) is 11.9. The lowest BCUT2D eigenvalue weighted by Gasteiger charge is -2.19. The molecule has 1 aromatic heterocycles. The molecule has 1 heterocycles. The van der Waals surface area contributed by atoms with Crippen LogP contribution in [-0.4, -0.2) is 21.5 Å². The second kappa shape index (κ2) is 4.29. The van der Waals surface area contributed by atoms with Crippen LogP contribution in [0, 0.1) is 3.57 Å². The molecule has 90 valence electrons. The molecular weight excluding hydrogens is 331 g/mol. The van der Waals surface area contributed by atoms with Crippen molar-refractivity contribution in [2.45, 2.75) is 26.4 Å². The lowest BCUT2D eigenvalue weighted by Crippen LogP contribution is -2.27. The minimum atomic E-state index is -0.517. The third-order valence-electron chi connectivity index (χ3n) is 2.13. The molecule has 0 fully saturated rings. The number of fused-ring (bicyclic) bond motifs is 1. The minimum Gasteiger partial charge on any atom is -0.442 e. The molecule has 2 rings (SSSR count). The van der Waals surface area contributed by atoms with Crippen molar-refractivity contribution in [1.29, 1.82) is 0 Å². The van der Waals surface area contributed by atoms with Crippen LogP contribution in [0.5, 0.6) is 0 Å². The van der Waals surface area contributed by atoms with Gasteiger partial charge in [0.1, 0.15) is 5.60 Å². The van der Waals surface area contributed by atoms with Gasteiger partial charge in [-0.05, 0) is 55.5 Å². The molecule has 0 spiro atoms. The Morgan fingerprint density at radius 2 is 2.12 bits per heavy atom. The van der Waals surface area contributed by atoms with E-state index in [9.17, 15) is 4.79 Å². The predicted octanol–water partition coefficient (Wildman–Crippen LogP) is 3.42. The van der Waals surface area contributed by atoms with Gasteiger partial charge in [-0.1, -0.05) is 6.07 Å². The summed E-state index contributed by atoms with van der Waals surface area (Å²) in [6.45, 7) is 5.50. The van der Waals surface area contributed by atoms with Crippen LogP contribution in [0.4, 0.5) is 4.79 Å². The van der Waals surface area contributed by atoms with Crippen LogP contribution in [0.1, 0.15) is 20.8 Å². The largest absolute Gasteiger partial charge is 0.442 e. The van der Waals surface area contributed by atoms with Crippen molar-refractivity contribution in [3.8, 4) is 0 Å². The Hall–Kier alpha value is -1.11. The quantitative estimate of drug-likeness (QED) is 0.688. The molecule has 0 N–H and O–H groups in total. The van der Waals surface area contributed by atoms with Gasteiger partial charge >= 0.3 is 6.09 Å². The van der Waals surface area contributed by atoms with Gasteiger partial charge in [-0.25, -0.2) is 4.79 Å². The highest BCUT2D eigenvalue weighted by Gasteiger charge is 2.20. The van der Waals surface area contributed by atoms with E-state index >= 15 is 0 Å². The fourth-order valence-corrected chi connectivity index (χ4v) is 2.09. The summed E-state index contributed by atoms with van der Waals surface area (Å²) in [7, 11) is 0. The van der Waals surface area contributed by atoms with Crippen LogP contribution >= 0.6 is 22.6 Å². The molecule has 2 aromatic rings. The number of aromatic nitrogens is 2. The zero-order valence-corrected chi connectivity index (χ0v) is 12.1. The van der Waals surface area contributed by atoms with Gasteiger partial charge in [-0.15, -0.1) is 0 Å². The van der Waals surface area contributed by atoms with Crippen molar-refractivity contribution >= 4 is 39.6 Å². The number of halogens is 1. The van der Waals surface area contributed by atoms with Crippen molar-refractivity contribution in [1.82, 2.24) is 9.78 Å². The molecule has 17 heavy (non-hydrogen) atoms. The topological polar surface area (TPSA) is 44.1 Å². The zero-order valence-electron chi connectivity index (χ0n) is 9.90. The van der Waals surface area contributed by atoms with Crippen LogP contribution in [0.3, 0.4) is 0 Å². The van der Waals surface area contributed by atoms with Gasteiger partial charge in [-0.2, -0.15) is 9.78 Å². The van der Waals surface area contributed by atoms with Crippen molar-refractivity contribution in [3.05, 3.63) is 28.0 Å². The van der Waals surface area contributed by atoms with E-state index in [-0.39, 0.29) is 0 Å².